The number of benzene rings is 1. The van der Waals surface area contributed by atoms with E-state index in [0.29, 0.717) is 12.5 Å². The van der Waals surface area contributed by atoms with Crippen molar-refractivity contribution < 1.29 is 4.74 Å². The molecule has 26 heavy (non-hydrogen) atoms. The van der Waals surface area contributed by atoms with Gasteiger partial charge in [0.25, 0.3) is 0 Å². The van der Waals surface area contributed by atoms with E-state index in [9.17, 15) is 0 Å². The fourth-order valence-corrected chi connectivity index (χ4v) is 2.80. The lowest BCUT2D eigenvalue weighted by Gasteiger charge is -2.29. The van der Waals surface area contributed by atoms with Gasteiger partial charge < -0.3 is 20.7 Å². The van der Waals surface area contributed by atoms with E-state index >= 15 is 0 Å². The molecule has 0 unspecified atom stereocenters. The maximum atomic E-state index is 6.04. The van der Waals surface area contributed by atoms with E-state index in [1.54, 1.807) is 0 Å². The standard InChI is InChI=1S/C19H25N5O.HI/c1-2-15-5-7-17(8-6-15)23-19(20)22-14-16-4-3-9-21-18(16)24-10-12-25-13-11-24;/h3-9H,2,10-14H2,1H3,(H3,20,22,23);1H. The first-order valence-electron chi connectivity index (χ1n) is 8.68. The van der Waals surface area contributed by atoms with Crippen molar-refractivity contribution in [2.75, 3.05) is 36.5 Å². The van der Waals surface area contributed by atoms with Gasteiger partial charge in [0, 0.05) is 30.5 Å². The summed E-state index contributed by atoms with van der Waals surface area (Å²) in [5.41, 5.74) is 9.34. The molecule has 0 bridgehead atoms. The number of nitrogens with two attached hydrogens (primary N) is 1. The van der Waals surface area contributed by atoms with Crippen molar-refractivity contribution in [3.63, 3.8) is 0 Å². The highest BCUT2D eigenvalue weighted by Gasteiger charge is 2.15. The Kier molecular flexibility index (Phi) is 8.11. The summed E-state index contributed by atoms with van der Waals surface area (Å²) in [7, 11) is 0. The second-order valence-corrected chi connectivity index (χ2v) is 5.96. The quantitative estimate of drug-likeness (QED) is 0.402. The van der Waals surface area contributed by atoms with Crippen LogP contribution in [0.25, 0.3) is 0 Å². The molecule has 6 nitrogen and oxygen atoms in total. The van der Waals surface area contributed by atoms with Crippen LogP contribution in [0.5, 0.6) is 0 Å². The van der Waals surface area contributed by atoms with E-state index in [0.717, 1.165) is 49.8 Å². The number of aryl methyl sites for hydroxylation is 1. The van der Waals surface area contributed by atoms with E-state index in [2.05, 4.69) is 39.2 Å². The van der Waals surface area contributed by atoms with Gasteiger partial charge in [-0.1, -0.05) is 25.1 Å². The summed E-state index contributed by atoms with van der Waals surface area (Å²) in [6.45, 7) is 5.80. The Morgan fingerprint density at radius 3 is 2.65 bits per heavy atom. The molecule has 0 saturated carbocycles. The fourth-order valence-electron chi connectivity index (χ4n) is 2.80. The number of nitrogens with one attached hydrogen (secondary N) is 1. The van der Waals surface area contributed by atoms with E-state index in [1.165, 1.54) is 5.56 Å². The minimum Gasteiger partial charge on any atom is -0.378 e. The number of aliphatic imine (C=N–C) groups is 1. The van der Waals surface area contributed by atoms with Crippen LogP contribution in [0.1, 0.15) is 18.1 Å². The van der Waals surface area contributed by atoms with Gasteiger partial charge in [0.2, 0.25) is 0 Å². The minimum absolute atomic E-state index is 0. The third-order valence-corrected chi connectivity index (χ3v) is 4.23. The van der Waals surface area contributed by atoms with Crippen molar-refractivity contribution in [2.45, 2.75) is 19.9 Å². The molecule has 1 aromatic carbocycles. The Hall–Kier alpha value is -1.87. The van der Waals surface area contributed by atoms with Crippen molar-refractivity contribution in [3.05, 3.63) is 53.7 Å². The molecule has 0 spiro atoms. The molecule has 140 valence electrons. The molecule has 3 rings (SSSR count). The van der Waals surface area contributed by atoms with E-state index in [4.69, 9.17) is 10.5 Å². The van der Waals surface area contributed by atoms with Crippen molar-refractivity contribution in [2.24, 2.45) is 10.7 Å². The zero-order chi connectivity index (χ0) is 17.5. The third-order valence-electron chi connectivity index (χ3n) is 4.23. The number of guanidine groups is 1. The molecule has 1 aliphatic rings. The SMILES string of the molecule is CCc1ccc(NC(N)=NCc2cccnc2N2CCOCC2)cc1.I. The number of morpholine rings is 1. The van der Waals surface area contributed by atoms with Gasteiger partial charge in [0.1, 0.15) is 5.82 Å². The number of pyridine rings is 1. The third kappa shape index (κ3) is 5.57. The zero-order valence-corrected chi connectivity index (χ0v) is 17.3. The highest BCUT2D eigenvalue weighted by atomic mass is 127. The Balaban J connectivity index is 0.00000243. The second kappa shape index (κ2) is 10.3. The number of ether oxygens (including phenoxy) is 1. The molecule has 1 saturated heterocycles. The monoisotopic (exact) mass is 467 g/mol. The summed E-state index contributed by atoms with van der Waals surface area (Å²) in [5.74, 6) is 1.37. The van der Waals surface area contributed by atoms with Gasteiger partial charge in [0.05, 0.1) is 19.8 Å². The van der Waals surface area contributed by atoms with Crippen LogP contribution in [0.15, 0.2) is 47.6 Å². The van der Waals surface area contributed by atoms with E-state index < -0.39 is 0 Å². The van der Waals surface area contributed by atoms with Crippen LogP contribution < -0.4 is 16.0 Å². The van der Waals surface area contributed by atoms with Gasteiger partial charge in [-0.3, -0.25) is 0 Å². The molecule has 1 fully saturated rings. The molecular weight excluding hydrogens is 441 g/mol. The minimum atomic E-state index is 0. The molecule has 1 aromatic heterocycles. The first-order chi connectivity index (χ1) is 12.3. The van der Waals surface area contributed by atoms with Crippen LogP contribution in [0.4, 0.5) is 11.5 Å². The zero-order valence-electron chi connectivity index (χ0n) is 15.0. The smallest absolute Gasteiger partial charge is 0.193 e. The highest BCUT2D eigenvalue weighted by Crippen LogP contribution is 2.19. The lowest BCUT2D eigenvalue weighted by molar-refractivity contribution is 0.122. The van der Waals surface area contributed by atoms with Crippen LogP contribution >= 0.6 is 24.0 Å². The molecule has 3 N–H and O–H groups in total. The van der Waals surface area contributed by atoms with Crippen LogP contribution in [0, 0.1) is 0 Å². The normalized spacial score (nSPS) is 14.7. The Bertz CT molecular complexity index is 714. The summed E-state index contributed by atoms with van der Waals surface area (Å²) >= 11 is 0. The number of hydrogen-bond donors (Lipinski definition) is 2. The van der Waals surface area contributed by atoms with Gasteiger partial charge in [-0.25, -0.2) is 9.98 Å². The number of rotatable bonds is 5. The topological polar surface area (TPSA) is 75.8 Å². The lowest BCUT2D eigenvalue weighted by Crippen LogP contribution is -2.37. The van der Waals surface area contributed by atoms with Crippen LogP contribution in [0.3, 0.4) is 0 Å². The maximum Gasteiger partial charge on any atom is 0.193 e. The average Bonchev–Trinajstić information content (AvgIpc) is 2.68. The molecule has 0 amide bonds. The lowest BCUT2D eigenvalue weighted by atomic mass is 10.1. The summed E-state index contributed by atoms with van der Waals surface area (Å²) < 4.78 is 5.42. The predicted molar refractivity (Wildman–Crippen MR) is 117 cm³/mol. The van der Waals surface area contributed by atoms with Gasteiger partial charge in [-0.05, 0) is 30.2 Å². The number of anilines is 2. The largest absolute Gasteiger partial charge is 0.378 e. The number of nitrogens with zero attached hydrogens (tertiary/aromatic N) is 3. The molecule has 1 aliphatic heterocycles. The van der Waals surface area contributed by atoms with Crippen LogP contribution in [0.2, 0.25) is 0 Å². The van der Waals surface area contributed by atoms with Gasteiger partial charge in [0.15, 0.2) is 5.96 Å². The number of hydrogen-bond acceptors (Lipinski definition) is 4. The second-order valence-electron chi connectivity index (χ2n) is 5.96. The van der Waals surface area contributed by atoms with Crippen LogP contribution in [-0.2, 0) is 17.7 Å². The summed E-state index contributed by atoms with van der Waals surface area (Å²) in [4.78, 5) is 11.2. The van der Waals surface area contributed by atoms with E-state index in [1.807, 2.05) is 30.5 Å². The molecule has 0 atom stereocenters. The molecule has 7 heteroatoms. The van der Waals surface area contributed by atoms with Gasteiger partial charge in [-0.15, -0.1) is 24.0 Å². The Morgan fingerprint density at radius 2 is 1.96 bits per heavy atom. The Labute approximate surface area is 171 Å². The summed E-state index contributed by atoms with van der Waals surface area (Å²) in [6.07, 6.45) is 2.84. The molecule has 2 heterocycles. The van der Waals surface area contributed by atoms with Crippen molar-refractivity contribution in [3.8, 4) is 0 Å². The van der Waals surface area contributed by atoms with Crippen LogP contribution in [-0.4, -0.2) is 37.2 Å². The number of aromatic nitrogens is 1. The van der Waals surface area contributed by atoms with Gasteiger partial charge >= 0.3 is 0 Å². The highest BCUT2D eigenvalue weighted by molar-refractivity contribution is 14.0. The van der Waals surface area contributed by atoms with Crippen molar-refractivity contribution >= 4 is 41.4 Å². The van der Waals surface area contributed by atoms with Gasteiger partial charge in [-0.2, -0.15) is 0 Å². The molecule has 0 radical (unpaired) electrons. The fraction of sp³-hybridized carbons (Fsp3) is 0.368. The Morgan fingerprint density at radius 1 is 1.23 bits per heavy atom. The summed E-state index contributed by atoms with van der Waals surface area (Å²) in [5, 5.41) is 3.14. The maximum absolute atomic E-state index is 6.04. The van der Waals surface area contributed by atoms with Crippen molar-refractivity contribution in [1.82, 2.24) is 4.98 Å². The number of halogens is 1. The molecular formula is C19H26IN5O. The van der Waals surface area contributed by atoms with E-state index in [-0.39, 0.29) is 24.0 Å². The average molecular weight is 467 g/mol. The first-order valence-corrected chi connectivity index (χ1v) is 8.68. The summed E-state index contributed by atoms with van der Waals surface area (Å²) in [6, 6.07) is 12.2. The predicted octanol–water partition coefficient (Wildman–Crippen LogP) is 3.03. The first kappa shape index (κ1) is 20.4. The molecule has 2 aromatic rings. The molecule has 0 aliphatic carbocycles. The van der Waals surface area contributed by atoms with Crippen molar-refractivity contribution in [1.29, 1.82) is 0 Å².